The highest BCUT2D eigenvalue weighted by Gasteiger charge is 2.10. The Balaban J connectivity index is 1.90. The third-order valence-electron chi connectivity index (χ3n) is 3.00. The molecule has 112 valence electrons. The van der Waals surface area contributed by atoms with Gasteiger partial charge in [-0.1, -0.05) is 6.07 Å². The summed E-state index contributed by atoms with van der Waals surface area (Å²) in [5.41, 5.74) is 8.16. The van der Waals surface area contributed by atoms with Crippen LogP contribution in [0, 0.1) is 6.92 Å². The highest BCUT2D eigenvalue weighted by atomic mass is 79.9. The van der Waals surface area contributed by atoms with E-state index < -0.39 is 0 Å². The molecule has 1 amide bonds. The molecule has 0 fully saturated rings. The molecule has 1 aromatic heterocycles. The molecule has 0 atom stereocenters. The quantitative estimate of drug-likeness (QED) is 0.795. The first kappa shape index (κ1) is 16.0. The Morgan fingerprint density at radius 3 is 2.86 bits per heavy atom. The number of hydrogen-bond acceptors (Lipinski definition) is 4. The molecule has 1 heterocycles. The van der Waals surface area contributed by atoms with Gasteiger partial charge in [-0.3, -0.25) is 9.69 Å². The Morgan fingerprint density at radius 2 is 2.19 bits per heavy atom. The Bertz CT molecular complexity index is 642. The number of benzene rings is 1. The standard InChI is InChI=1S/C15H18BrN3OS/c1-10-3-4-12(17)6-14(10)18-15(20)8-19(2)7-13-5-11(16)9-21-13/h3-6,9H,7-8,17H2,1-2H3,(H,18,20). The number of aryl methyl sites for hydroxylation is 1. The topological polar surface area (TPSA) is 58.4 Å². The van der Waals surface area contributed by atoms with E-state index in [1.165, 1.54) is 4.88 Å². The number of halogens is 1. The van der Waals surface area contributed by atoms with Crippen LogP contribution in [0.3, 0.4) is 0 Å². The molecular weight excluding hydrogens is 350 g/mol. The van der Waals surface area contributed by atoms with Crippen LogP contribution in [0.2, 0.25) is 0 Å². The lowest BCUT2D eigenvalue weighted by molar-refractivity contribution is -0.117. The number of amides is 1. The van der Waals surface area contributed by atoms with Gasteiger partial charge >= 0.3 is 0 Å². The number of nitrogens with two attached hydrogens (primary N) is 1. The van der Waals surface area contributed by atoms with Crippen molar-refractivity contribution in [1.29, 1.82) is 0 Å². The number of nitrogen functional groups attached to an aromatic ring is 1. The van der Waals surface area contributed by atoms with Crippen LogP contribution in [0.1, 0.15) is 10.4 Å². The first-order valence-electron chi connectivity index (χ1n) is 6.51. The molecule has 4 nitrogen and oxygen atoms in total. The van der Waals surface area contributed by atoms with Crippen molar-refractivity contribution >= 4 is 44.5 Å². The van der Waals surface area contributed by atoms with Gasteiger partial charge in [0.2, 0.25) is 5.91 Å². The van der Waals surface area contributed by atoms with Crippen molar-refractivity contribution in [2.45, 2.75) is 13.5 Å². The first-order valence-corrected chi connectivity index (χ1v) is 8.19. The predicted octanol–water partition coefficient (Wildman–Crippen LogP) is 3.47. The number of carbonyl (C=O) groups excluding carboxylic acids is 1. The Kier molecular flexibility index (Phi) is 5.39. The zero-order chi connectivity index (χ0) is 15.4. The van der Waals surface area contributed by atoms with Crippen LogP contribution in [0.4, 0.5) is 11.4 Å². The molecule has 1 aromatic carbocycles. The van der Waals surface area contributed by atoms with Gasteiger partial charge in [0.15, 0.2) is 0 Å². The zero-order valence-corrected chi connectivity index (χ0v) is 14.4. The van der Waals surface area contributed by atoms with Crippen molar-refractivity contribution < 1.29 is 4.79 Å². The number of carbonyl (C=O) groups is 1. The fraction of sp³-hybridized carbons (Fsp3) is 0.267. The summed E-state index contributed by atoms with van der Waals surface area (Å²) in [6.45, 7) is 3.03. The van der Waals surface area contributed by atoms with Crippen LogP contribution in [0.25, 0.3) is 0 Å². The Morgan fingerprint density at radius 1 is 1.43 bits per heavy atom. The van der Waals surface area contributed by atoms with Crippen molar-refractivity contribution in [3.8, 4) is 0 Å². The first-order chi connectivity index (χ1) is 9.94. The molecule has 3 N–H and O–H groups in total. The summed E-state index contributed by atoms with van der Waals surface area (Å²) < 4.78 is 1.08. The SMILES string of the molecule is Cc1ccc(N)cc1NC(=O)CN(C)Cc1cc(Br)cs1. The summed E-state index contributed by atoms with van der Waals surface area (Å²) in [7, 11) is 1.93. The summed E-state index contributed by atoms with van der Waals surface area (Å²) in [5.74, 6) is -0.0400. The van der Waals surface area contributed by atoms with Gasteiger partial charge < -0.3 is 11.1 Å². The third kappa shape index (κ3) is 4.84. The number of thiophene rings is 1. The summed E-state index contributed by atoms with van der Waals surface area (Å²) in [6.07, 6.45) is 0. The van der Waals surface area contributed by atoms with Gasteiger partial charge in [0.1, 0.15) is 0 Å². The number of anilines is 2. The average molecular weight is 368 g/mol. The number of likely N-dealkylation sites (N-methyl/N-ethyl adjacent to an activating group) is 1. The lowest BCUT2D eigenvalue weighted by Gasteiger charge is -2.16. The largest absolute Gasteiger partial charge is 0.399 e. The molecular formula is C15H18BrN3OS. The fourth-order valence-electron chi connectivity index (χ4n) is 1.97. The normalized spacial score (nSPS) is 10.9. The highest BCUT2D eigenvalue weighted by molar-refractivity contribution is 9.10. The molecule has 2 rings (SSSR count). The van der Waals surface area contributed by atoms with Crippen molar-refractivity contribution in [2.24, 2.45) is 0 Å². The maximum Gasteiger partial charge on any atom is 0.238 e. The fourth-order valence-corrected chi connectivity index (χ4v) is 3.50. The summed E-state index contributed by atoms with van der Waals surface area (Å²) in [6, 6.07) is 7.58. The molecule has 2 aromatic rings. The average Bonchev–Trinajstić information content (AvgIpc) is 2.79. The van der Waals surface area contributed by atoms with E-state index in [2.05, 4.69) is 27.3 Å². The van der Waals surface area contributed by atoms with E-state index in [-0.39, 0.29) is 5.91 Å². The molecule has 0 unspecified atom stereocenters. The van der Waals surface area contributed by atoms with E-state index in [9.17, 15) is 4.79 Å². The number of nitrogens with one attached hydrogen (secondary N) is 1. The molecule has 21 heavy (non-hydrogen) atoms. The summed E-state index contributed by atoms with van der Waals surface area (Å²) in [4.78, 5) is 15.3. The van der Waals surface area contributed by atoms with Gasteiger partial charge in [-0.15, -0.1) is 11.3 Å². The van der Waals surface area contributed by atoms with E-state index in [0.29, 0.717) is 12.2 Å². The van der Waals surface area contributed by atoms with Crippen molar-refractivity contribution in [3.05, 3.63) is 44.6 Å². The van der Waals surface area contributed by atoms with Crippen LogP contribution < -0.4 is 11.1 Å². The van der Waals surface area contributed by atoms with Crippen LogP contribution in [-0.2, 0) is 11.3 Å². The monoisotopic (exact) mass is 367 g/mol. The molecule has 0 saturated heterocycles. The molecule has 0 aliphatic heterocycles. The second-order valence-electron chi connectivity index (χ2n) is 5.03. The van der Waals surface area contributed by atoms with E-state index in [1.54, 1.807) is 17.4 Å². The van der Waals surface area contributed by atoms with Crippen LogP contribution in [0.15, 0.2) is 34.1 Å². The van der Waals surface area contributed by atoms with Crippen LogP contribution >= 0.6 is 27.3 Å². The minimum Gasteiger partial charge on any atom is -0.399 e. The van der Waals surface area contributed by atoms with Gasteiger partial charge in [0, 0.05) is 32.6 Å². The van der Waals surface area contributed by atoms with Crippen molar-refractivity contribution in [3.63, 3.8) is 0 Å². The van der Waals surface area contributed by atoms with Crippen LogP contribution in [0.5, 0.6) is 0 Å². The van der Waals surface area contributed by atoms with E-state index in [4.69, 9.17) is 5.73 Å². The number of nitrogens with zero attached hydrogens (tertiary/aromatic N) is 1. The molecule has 0 bridgehead atoms. The minimum atomic E-state index is -0.0400. The minimum absolute atomic E-state index is 0.0400. The molecule has 0 aliphatic carbocycles. The smallest absolute Gasteiger partial charge is 0.238 e. The highest BCUT2D eigenvalue weighted by Crippen LogP contribution is 2.21. The maximum atomic E-state index is 12.1. The Hall–Kier alpha value is -1.37. The second kappa shape index (κ2) is 7.06. The van der Waals surface area contributed by atoms with E-state index in [0.717, 1.165) is 22.3 Å². The molecule has 0 radical (unpaired) electrons. The second-order valence-corrected chi connectivity index (χ2v) is 6.94. The predicted molar refractivity (Wildman–Crippen MR) is 92.6 cm³/mol. The van der Waals surface area contributed by atoms with Gasteiger partial charge in [-0.25, -0.2) is 0 Å². The number of rotatable bonds is 5. The number of hydrogen-bond donors (Lipinski definition) is 2. The van der Waals surface area contributed by atoms with Gasteiger partial charge in [-0.05, 0) is 53.7 Å². The van der Waals surface area contributed by atoms with Gasteiger partial charge in [0.05, 0.1) is 6.54 Å². The van der Waals surface area contributed by atoms with Gasteiger partial charge in [0.25, 0.3) is 0 Å². The lowest BCUT2D eigenvalue weighted by Crippen LogP contribution is -2.29. The molecule has 0 spiro atoms. The Labute approximate surface area is 137 Å². The van der Waals surface area contributed by atoms with E-state index >= 15 is 0 Å². The van der Waals surface area contributed by atoms with Crippen molar-refractivity contribution in [2.75, 3.05) is 24.6 Å². The van der Waals surface area contributed by atoms with Crippen molar-refractivity contribution in [1.82, 2.24) is 4.90 Å². The summed E-state index contributed by atoms with van der Waals surface area (Å²) in [5, 5.41) is 4.95. The molecule has 0 aliphatic rings. The molecule has 6 heteroatoms. The maximum absolute atomic E-state index is 12.1. The molecule has 0 saturated carbocycles. The van der Waals surface area contributed by atoms with Gasteiger partial charge in [-0.2, -0.15) is 0 Å². The van der Waals surface area contributed by atoms with E-state index in [1.807, 2.05) is 36.4 Å². The van der Waals surface area contributed by atoms with Crippen LogP contribution in [-0.4, -0.2) is 24.4 Å². The third-order valence-corrected chi connectivity index (χ3v) is 4.68. The zero-order valence-electron chi connectivity index (χ0n) is 12.0. The summed E-state index contributed by atoms with van der Waals surface area (Å²) >= 11 is 5.11. The lowest BCUT2D eigenvalue weighted by atomic mass is 10.2.